The van der Waals surface area contributed by atoms with Crippen molar-refractivity contribution in [1.29, 1.82) is 0 Å². The normalized spacial score (nSPS) is 18.0. The Kier molecular flexibility index (Phi) is 7.08. The predicted octanol–water partition coefficient (Wildman–Crippen LogP) is 4.11. The summed E-state index contributed by atoms with van der Waals surface area (Å²) in [6.45, 7) is -7.56. The fraction of sp³-hybridized carbons (Fsp3) is 0.520. The Morgan fingerprint density at radius 1 is 1.00 bits per heavy atom. The predicted molar refractivity (Wildman–Crippen MR) is 121 cm³/mol. The quantitative estimate of drug-likeness (QED) is 0.305. The first-order valence-corrected chi connectivity index (χ1v) is 10.2. The molecule has 4 N–H and O–H groups in total. The van der Waals surface area contributed by atoms with E-state index in [0.717, 1.165) is 5.56 Å². The van der Waals surface area contributed by atoms with Crippen LogP contribution in [0.4, 0.5) is 0 Å². The summed E-state index contributed by atoms with van der Waals surface area (Å²) < 4.78 is 77.2. The third-order valence-electron chi connectivity index (χ3n) is 4.36. The van der Waals surface area contributed by atoms with Crippen molar-refractivity contribution in [2.24, 2.45) is 0 Å². The minimum Gasteiger partial charge on any atom is -0.508 e. The third-order valence-corrected chi connectivity index (χ3v) is 4.36. The van der Waals surface area contributed by atoms with Crippen LogP contribution in [0.15, 0.2) is 48.5 Å². The van der Waals surface area contributed by atoms with Gasteiger partial charge in [0.15, 0.2) is 0 Å². The Balaban J connectivity index is 1.80. The Bertz CT molecular complexity index is 1070. The fourth-order valence-corrected chi connectivity index (χ4v) is 2.67. The molecule has 0 spiro atoms. The summed E-state index contributed by atoms with van der Waals surface area (Å²) in [6.07, 6.45) is -0.155. The van der Waals surface area contributed by atoms with E-state index in [2.05, 4.69) is 5.32 Å². The topological polar surface area (TPSA) is 82.0 Å². The fourth-order valence-electron chi connectivity index (χ4n) is 2.67. The molecule has 0 aliphatic heterocycles. The minimum atomic E-state index is -2.24. The van der Waals surface area contributed by atoms with E-state index in [1.54, 1.807) is 0 Å². The van der Waals surface area contributed by atoms with Gasteiger partial charge in [-0.15, -0.1) is 0 Å². The Morgan fingerprint density at radius 3 is 2.50 bits per heavy atom. The smallest absolute Gasteiger partial charge is 0.121 e. The van der Waals surface area contributed by atoms with E-state index in [9.17, 15) is 15.3 Å². The van der Waals surface area contributed by atoms with Crippen molar-refractivity contribution in [3.8, 4) is 5.75 Å². The van der Waals surface area contributed by atoms with Gasteiger partial charge in [-0.05, 0) is 61.8 Å². The SMILES string of the molecule is [2H]c1c([2H])c(C(O)CNC([2H])([2H])CCCCC([2H])([2H])OC([2H])([2H])CCCc2ccccc2)c([2H])c(CO)c1O. The molecule has 0 amide bonds. The third kappa shape index (κ3) is 9.72. The van der Waals surface area contributed by atoms with E-state index < -0.39 is 62.7 Å². The Morgan fingerprint density at radius 2 is 1.73 bits per heavy atom. The first-order valence-electron chi connectivity index (χ1n) is 14.7. The highest BCUT2D eigenvalue weighted by atomic mass is 16.5. The van der Waals surface area contributed by atoms with Gasteiger partial charge in [-0.2, -0.15) is 0 Å². The number of phenols is 1. The number of aliphatic hydroxyl groups is 2. The molecular weight excluding hydrogens is 378 g/mol. The average molecular weight is 425 g/mol. The van der Waals surface area contributed by atoms with Crippen molar-refractivity contribution in [3.63, 3.8) is 0 Å². The number of benzene rings is 2. The number of aromatic hydroxyl groups is 1. The first kappa shape index (κ1) is 14.2. The molecule has 0 aromatic heterocycles. The van der Waals surface area contributed by atoms with Crippen molar-refractivity contribution in [2.75, 3.05) is 26.2 Å². The zero-order valence-corrected chi connectivity index (χ0v) is 17.1. The van der Waals surface area contributed by atoms with Crippen molar-refractivity contribution in [1.82, 2.24) is 5.32 Å². The van der Waals surface area contributed by atoms with Crippen LogP contribution in [0.2, 0.25) is 0 Å². The van der Waals surface area contributed by atoms with Crippen molar-refractivity contribution >= 4 is 0 Å². The summed E-state index contributed by atoms with van der Waals surface area (Å²) in [7, 11) is 0. The summed E-state index contributed by atoms with van der Waals surface area (Å²) in [5.74, 6) is -0.712. The van der Waals surface area contributed by atoms with Crippen LogP contribution in [-0.2, 0) is 17.8 Å². The lowest BCUT2D eigenvalue weighted by molar-refractivity contribution is 0.126. The van der Waals surface area contributed by atoms with Crippen molar-refractivity contribution < 1.29 is 32.4 Å². The van der Waals surface area contributed by atoms with Crippen LogP contribution in [0.1, 0.15) is 73.7 Å². The highest BCUT2D eigenvalue weighted by molar-refractivity contribution is 5.36. The highest BCUT2D eigenvalue weighted by Crippen LogP contribution is 2.22. The van der Waals surface area contributed by atoms with Gasteiger partial charge < -0.3 is 25.4 Å². The van der Waals surface area contributed by atoms with Gasteiger partial charge in [0, 0.05) is 28.0 Å². The number of unbranched alkanes of at least 4 members (excludes halogenated alkanes) is 1. The molecule has 0 radical (unpaired) electrons. The first-order chi connectivity index (χ1) is 18.1. The van der Waals surface area contributed by atoms with Crippen LogP contribution in [0.5, 0.6) is 5.75 Å². The Labute approximate surface area is 193 Å². The van der Waals surface area contributed by atoms with Gasteiger partial charge in [0.2, 0.25) is 0 Å². The summed E-state index contributed by atoms with van der Waals surface area (Å²) in [4.78, 5) is 0. The molecule has 2 aromatic carbocycles. The molecule has 0 saturated heterocycles. The molecule has 0 bridgehead atoms. The van der Waals surface area contributed by atoms with E-state index in [4.69, 9.17) is 17.1 Å². The number of aryl methyl sites for hydroxylation is 1. The molecule has 2 rings (SSSR count). The second kappa shape index (κ2) is 15.0. The maximum absolute atomic E-state index is 10.5. The number of nitrogens with one attached hydrogen (secondary N) is 1. The standard InChI is InChI=1S/C25H37NO4/c27-20-23-18-22(13-14-24(23)28)25(29)19-26-15-7-1-2-8-16-30-17-9-6-12-21-10-4-3-5-11-21/h3-5,10-11,13-14,18,25-29H,1-2,6-9,12,15-17,19-20H2/i13D,14D,15D2,16D2,17D2,18D. The van der Waals surface area contributed by atoms with E-state index in [1.807, 2.05) is 30.3 Å². The monoisotopic (exact) mass is 424 g/mol. The summed E-state index contributed by atoms with van der Waals surface area (Å²) in [6, 6.07) is 7.85. The van der Waals surface area contributed by atoms with Crippen molar-refractivity contribution in [3.05, 3.63) is 65.1 Å². The zero-order chi connectivity index (χ0) is 29.4. The van der Waals surface area contributed by atoms with Gasteiger partial charge >= 0.3 is 0 Å². The summed E-state index contributed by atoms with van der Waals surface area (Å²) in [5, 5.41) is 32.2. The van der Waals surface area contributed by atoms with Crippen molar-refractivity contribution in [2.45, 2.75) is 57.7 Å². The van der Waals surface area contributed by atoms with Crippen LogP contribution in [0, 0.1) is 0 Å². The molecule has 5 heteroatoms. The number of rotatable bonds is 16. The number of aliphatic hydroxyl groups excluding tert-OH is 2. The molecule has 30 heavy (non-hydrogen) atoms. The molecule has 0 fully saturated rings. The molecule has 0 aliphatic rings. The molecular formula is C25H37NO4. The number of ether oxygens (including phenoxy) is 1. The van der Waals surface area contributed by atoms with Gasteiger partial charge in [-0.3, -0.25) is 0 Å². The molecule has 1 atom stereocenters. The van der Waals surface area contributed by atoms with Gasteiger partial charge in [0.1, 0.15) is 5.75 Å². The summed E-state index contributed by atoms with van der Waals surface area (Å²) in [5.41, 5.74) is 0.449. The van der Waals surface area contributed by atoms with Crippen LogP contribution in [0.25, 0.3) is 0 Å². The lowest BCUT2D eigenvalue weighted by Crippen LogP contribution is -2.22. The maximum Gasteiger partial charge on any atom is 0.121 e. The number of hydrogen-bond acceptors (Lipinski definition) is 5. The molecule has 0 heterocycles. The Hall–Kier alpha value is -1.92. The number of hydrogen-bond donors (Lipinski definition) is 4. The minimum absolute atomic E-state index is 0.0266. The van der Waals surface area contributed by atoms with E-state index >= 15 is 0 Å². The van der Waals surface area contributed by atoms with E-state index in [1.165, 1.54) is 0 Å². The van der Waals surface area contributed by atoms with E-state index in [0.29, 0.717) is 12.8 Å². The molecule has 5 nitrogen and oxygen atoms in total. The molecule has 0 aliphatic carbocycles. The average Bonchev–Trinajstić information content (AvgIpc) is 2.84. The summed E-state index contributed by atoms with van der Waals surface area (Å²) >= 11 is 0. The van der Waals surface area contributed by atoms with Gasteiger partial charge in [0.05, 0.1) is 22.3 Å². The molecule has 2 aromatic rings. The van der Waals surface area contributed by atoms with Gasteiger partial charge in [0.25, 0.3) is 0 Å². The lowest BCUT2D eigenvalue weighted by atomic mass is 10.1. The largest absolute Gasteiger partial charge is 0.508 e. The molecule has 1 unspecified atom stereocenters. The van der Waals surface area contributed by atoms with Crippen LogP contribution < -0.4 is 5.32 Å². The van der Waals surface area contributed by atoms with E-state index in [-0.39, 0.29) is 43.2 Å². The second-order valence-corrected chi connectivity index (χ2v) is 6.78. The lowest BCUT2D eigenvalue weighted by Gasteiger charge is -2.14. The van der Waals surface area contributed by atoms with Crippen LogP contribution in [0.3, 0.4) is 0 Å². The van der Waals surface area contributed by atoms with Crippen LogP contribution in [-0.4, -0.2) is 41.5 Å². The highest BCUT2D eigenvalue weighted by Gasteiger charge is 2.09. The molecule has 0 saturated carbocycles. The maximum atomic E-state index is 10.5. The zero-order valence-electron chi connectivity index (χ0n) is 26.1. The van der Waals surface area contributed by atoms with Crippen LogP contribution >= 0.6 is 0 Å². The molecule has 166 valence electrons. The second-order valence-electron chi connectivity index (χ2n) is 6.78. The van der Waals surface area contributed by atoms with Gasteiger partial charge in [-0.1, -0.05) is 49.2 Å². The van der Waals surface area contributed by atoms with Gasteiger partial charge in [-0.25, -0.2) is 0 Å².